The van der Waals surface area contributed by atoms with E-state index in [1.807, 2.05) is 0 Å². The molecule has 1 fully saturated rings. The Morgan fingerprint density at radius 3 is 2.06 bits per heavy atom. The van der Waals surface area contributed by atoms with E-state index in [1.54, 1.807) is 33.5 Å². The van der Waals surface area contributed by atoms with E-state index in [2.05, 4.69) is 0 Å². The Hall–Kier alpha value is -1.91. The van der Waals surface area contributed by atoms with Gasteiger partial charge in [-0.25, -0.2) is 0 Å². The van der Waals surface area contributed by atoms with Gasteiger partial charge >= 0.3 is 5.97 Å². The summed E-state index contributed by atoms with van der Waals surface area (Å²) in [4.78, 5) is 11.0. The van der Waals surface area contributed by atoms with Gasteiger partial charge in [0, 0.05) is 23.6 Å². The van der Waals surface area contributed by atoms with Gasteiger partial charge in [0.2, 0.25) is 0 Å². The molecule has 5 nitrogen and oxygen atoms in total. The first-order valence-corrected chi connectivity index (χ1v) is 5.65. The summed E-state index contributed by atoms with van der Waals surface area (Å²) in [6.45, 7) is 0. The molecule has 1 aliphatic rings. The number of hydrogen-bond acceptors (Lipinski definition) is 4. The molecule has 1 saturated carbocycles. The van der Waals surface area contributed by atoms with Crippen LogP contribution >= 0.6 is 0 Å². The van der Waals surface area contributed by atoms with Crippen LogP contribution in [0.3, 0.4) is 0 Å². The number of carboxylic acids is 1. The largest absolute Gasteiger partial charge is 0.496 e. The van der Waals surface area contributed by atoms with Crippen LogP contribution in [0, 0.1) is 5.92 Å². The molecule has 0 heterocycles. The molecule has 1 N–H and O–H groups in total. The third-order valence-corrected chi connectivity index (χ3v) is 3.23. The Morgan fingerprint density at radius 2 is 1.72 bits per heavy atom. The normalized spacial score (nSPS) is 21.3. The van der Waals surface area contributed by atoms with Crippen LogP contribution < -0.4 is 14.2 Å². The van der Waals surface area contributed by atoms with E-state index < -0.39 is 5.97 Å². The maximum absolute atomic E-state index is 11.0. The minimum atomic E-state index is -0.778. The average molecular weight is 252 g/mol. The van der Waals surface area contributed by atoms with Gasteiger partial charge in [-0.2, -0.15) is 0 Å². The molecule has 2 atom stereocenters. The van der Waals surface area contributed by atoms with Gasteiger partial charge < -0.3 is 19.3 Å². The molecule has 0 aromatic heterocycles. The van der Waals surface area contributed by atoms with Crippen molar-refractivity contribution in [3.8, 4) is 17.2 Å². The third-order valence-electron chi connectivity index (χ3n) is 3.23. The third kappa shape index (κ3) is 2.08. The van der Waals surface area contributed by atoms with Crippen molar-refractivity contribution in [2.24, 2.45) is 5.92 Å². The fourth-order valence-electron chi connectivity index (χ4n) is 2.19. The summed E-state index contributed by atoms with van der Waals surface area (Å²) >= 11 is 0. The molecule has 1 aromatic carbocycles. The van der Waals surface area contributed by atoms with Crippen molar-refractivity contribution in [2.75, 3.05) is 21.3 Å². The summed E-state index contributed by atoms with van der Waals surface area (Å²) in [6.07, 6.45) is 0.619. The van der Waals surface area contributed by atoms with E-state index >= 15 is 0 Å². The zero-order chi connectivity index (χ0) is 13.3. The lowest BCUT2D eigenvalue weighted by Gasteiger charge is -2.14. The molecule has 5 heteroatoms. The number of benzene rings is 1. The molecular formula is C13H16O5. The number of methoxy groups -OCH3 is 3. The van der Waals surface area contributed by atoms with Gasteiger partial charge in [0.05, 0.1) is 27.2 Å². The van der Waals surface area contributed by atoms with Crippen LogP contribution in [0.25, 0.3) is 0 Å². The molecule has 0 amide bonds. The Bertz CT molecular complexity index is 443. The first-order valence-electron chi connectivity index (χ1n) is 5.65. The van der Waals surface area contributed by atoms with Crippen LogP contribution in [-0.2, 0) is 4.79 Å². The highest BCUT2D eigenvalue weighted by atomic mass is 16.5. The van der Waals surface area contributed by atoms with Gasteiger partial charge in [-0.15, -0.1) is 0 Å². The van der Waals surface area contributed by atoms with E-state index in [-0.39, 0.29) is 11.8 Å². The maximum Gasteiger partial charge on any atom is 0.307 e. The molecule has 1 aromatic rings. The predicted molar refractivity (Wildman–Crippen MR) is 64.6 cm³/mol. The molecule has 0 unspecified atom stereocenters. The van der Waals surface area contributed by atoms with Crippen LogP contribution in [0.2, 0.25) is 0 Å². The lowest BCUT2D eigenvalue weighted by atomic mass is 10.1. The Kier molecular flexibility index (Phi) is 3.32. The number of ether oxygens (including phenoxy) is 3. The predicted octanol–water partition coefficient (Wildman–Crippen LogP) is 1.90. The zero-order valence-electron chi connectivity index (χ0n) is 10.6. The minimum Gasteiger partial charge on any atom is -0.496 e. The molecule has 0 radical (unpaired) electrons. The summed E-state index contributed by atoms with van der Waals surface area (Å²) in [5, 5.41) is 9.01. The average Bonchev–Trinajstić information content (AvgIpc) is 3.17. The highest BCUT2D eigenvalue weighted by molar-refractivity contribution is 5.76. The summed E-state index contributed by atoms with van der Waals surface area (Å²) in [7, 11) is 4.66. The van der Waals surface area contributed by atoms with E-state index in [0.29, 0.717) is 23.7 Å². The monoisotopic (exact) mass is 252 g/mol. The minimum absolute atomic E-state index is 0.0432. The fourth-order valence-corrected chi connectivity index (χ4v) is 2.19. The molecule has 0 saturated heterocycles. The van der Waals surface area contributed by atoms with Crippen molar-refractivity contribution < 1.29 is 24.1 Å². The Balaban J connectivity index is 2.42. The molecule has 18 heavy (non-hydrogen) atoms. The van der Waals surface area contributed by atoms with Gasteiger partial charge in [-0.05, 0) is 6.42 Å². The van der Waals surface area contributed by atoms with E-state index in [9.17, 15) is 4.79 Å². The number of carbonyl (C=O) groups is 1. The first kappa shape index (κ1) is 12.5. The second-order valence-electron chi connectivity index (χ2n) is 4.23. The van der Waals surface area contributed by atoms with E-state index in [4.69, 9.17) is 19.3 Å². The Labute approximate surface area is 105 Å². The van der Waals surface area contributed by atoms with Crippen LogP contribution in [-0.4, -0.2) is 32.4 Å². The second kappa shape index (κ2) is 4.76. The van der Waals surface area contributed by atoms with Crippen molar-refractivity contribution in [1.82, 2.24) is 0 Å². The highest BCUT2D eigenvalue weighted by Crippen LogP contribution is 2.54. The molecule has 0 aliphatic heterocycles. The van der Waals surface area contributed by atoms with E-state index in [0.717, 1.165) is 5.56 Å². The van der Waals surface area contributed by atoms with Gasteiger partial charge in [0.15, 0.2) is 0 Å². The van der Waals surface area contributed by atoms with Gasteiger partial charge in [-0.3, -0.25) is 4.79 Å². The van der Waals surface area contributed by atoms with Crippen molar-refractivity contribution in [1.29, 1.82) is 0 Å². The van der Waals surface area contributed by atoms with Crippen molar-refractivity contribution in [2.45, 2.75) is 12.3 Å². The molecule has 0 spiro atoms. The topological polar surface area (TPSA) is 65.0 Å². The van der Waals surface area contributed by atoms with Crippen LogP contribution in [0.1, 0.15) is 17.9 Å². The summed E-state index contributed by atoms with van der Waals surface area (Å²) in [6, 6.07) is 3.49. The van der Waals surface area contributed by atoms with Gasteiger partial charge in [-0.1, -0.05) is 0 Å². The SMILES string of the molecule is COc1cc(OC)c([C@@H]2C[C@@H]2C(=O)O)c(OC)c1. The standard InChI is InChI=1S/C13H16O5/c1-16-7-4-10(17-2)12(11(5-7)18-3)8-6-9(8)13(14)15/h4-5,8-9H,6H2,1-3H3,(H,14,15)/t8-,9+/m1/s1. The van der Waals surface area contributed by atoms with Gasteiger partial charge in [0.1, 0.15) is 17.2 Å². The number of rotatable bonds is 5. The first-order chi connectivity index (χ1) is 8.62. The highest BCUT2D eigenvalue weighted by Gasteiger charge is 2.47. The smallest absolute Gasteiger partial charge is 0.307 e. The lowest BCUT2D eigenvalue weighted by molar-refractivity contribution is -0.138. The zero-order valence-corrected chi connectivity index (χ0v) is 10.6. The van der Waals surface area contributed by atoms with Crippen molar-refractivity contribution >= 4 is 5.97 Å². The number of carboxylic acid groups (broad SMARTS) is 1. The number of hydrogen-bond donors (Lipinski definition) is 1. The molecule has 2 rings (SSSR count). The Morgan fingerprint density at radius 1 is 1.17 bits per heavy atom. The summed E-state index contributed by atoms with van der Waals surface area (Å²) < 4.78 is 15.8. The number of aliphatic carboxylic acids is 1. The van der Waals surface area contributed by atoms with E-state index in [1.165, 1.54) is 0 Å². The molecular weight excluding hydrogens is 236 g/mol. The molecule has 98 valence electrons. The van der Waals surface area contributed by atoms with Crippen molar-refractivity contribution in [3.63, 3.8) is 0 Å². The summed E-state index contributed by atoms with van der Waals surface area (Å²) in [5.41, 5.74) is 0.813. The molecule has 0 bridgehead atoms. The lowest BCUT2D eigenvalue weighted by Crippen LogP contribution is -2.02. The van der Waals surface area contributed by atoms with Gasteiger partial charge in [0.25, 0.3) is 0 Å². The molecule has 1 aliphatic carbocycles. The quantitative estimate of drug-likeness (QED) is 0.867. The maximum atomic E-state index is 11.0. The van der Waals surface area contributed by atoms with Crippen molar-refractivity contribution in [3.05, 3.63) is 17.7 Å². The second-order valence-corrected chi connectivity index (χ2v) is 4.23. The van der Waals surface area contributed by atoms with Crippen LogP contribution in [0.5, 0.6) is 17.2 Å². The van der Waals surface area contributed by atoms with Crippen LogP contribution in [0.4, 0.5) is 0 Å². The summed E-state index contributed by atoms with van der Waals surface area (Å²) in [5.74, 6) is 0.680. The van der Waals surface area contributed by atoms with Crippen LogP contribution in [0.15, 0.2) is 12.1 Å². The fraction of sp³-hybridized carbons (Fsp3) is 0.462.